The zero-order valence-electron chi connectivity index (χ0n) is 11.6. The lowest BCUT2D eigenvalue weighted by Crippen LogP contribution is -2.25. The maximum absolute atomic E-state index is 11.4. The Labute approximate surface area is 111 Å². The lowest BCUT2D eigenvalue weighted by atomic mass is 10.1. The van der Waals surface area contributed by atoms with Gasteiger partial charge in [0.25, 0.3) is 0 Å². The van der Waals surface area contributed by atoms with E-state index in [1.807, 2.05) is 32.7 Å². The lowest BCUT2D eigenvalue weighted by molar-refractivity contribution is 0.0697. The highest BCUT2D eigenvalue weighted by Crippen LogP contribution is 2.25. The summed E-state index contributed by atoms with van der Waals surface area (Å²) in [4.78, 5) is 17.9. The molecule has 2 rings (SSSR count). The second-order valence-corrected chi connectivity index (χ2v) is 4.42. The average Bonchev–Trinajstić information content (AvgIpc) is 2.65. The van der Waals surface area contributed by atoms with Crippen molar-refractivity contribution in [3.05, 3.63) is 17.3 Å². The zero-order valence-corrected chi connectivity index (χ0v) is 11.6. The fraction of sp³-hybridized carbons (Fsp3) is 0.462. The van der Waals surface area contributed by atoms with Gasteiger partial charge >= 0.3 is 5.97 Å². The third-order valence-corrected chi connectivity index (χ3v) is 3.27. The van der Waals surface area contributed by atoms with Crippen LogP contribution in [0.1, 0.15) is 29.9 Å². The minimum atomic E-state index is -0.959. The molecule has 0 fully saturated rings. The predicted molar refractivity (Wildman–Crippen MR) is 73.8 cm³/mol. The van der Waals surface area contributed by atoms with Crippen LogP contribution < -0.4 is 4.90 Å². The van der Waals surface area contributed by atoms with E-state index in [-0.39, 0.29) is 5.56 Å². The van der Waals surface area contributed by atoms with E-state index in [1.54, 1.807) is 10.7 Å². The van der Waals surface area contributed by atoms with Crippen molar-refractivity contribution in [3.63, 3.8) is 0 Å². The van der Waals surface area contributed by atoms with E-state index in [1.165, 1.54) is 0 Å². The average molecular weight is 262 g/mol. The smallest absolute Gasteiger partial charge is 0.339 e. The molecule has 6 nitrogen and oxygen atoms in total. The molecule has 0 amide bonds. The van der Waals surface area contributed by atoms with Crippen LogP contribution in [0.4, 0.5) is 5.82 Å². The van der Waals surface area contributed by atoms with Gasteiger partial charge in [0.15, 0.2) is 5.65 Å². The third-order valence-electron chi connectivity index (χ3n) is 3.27. The number of pyridine rings is 1. The number of anilines is 1. The lowest BCUT2D eigenvalue weighted by Gasteiger charge is -2.21. The number of aromatic carboxylic acids is 1. The van der Waals surface area contributed by atoms with Gasteiger partial charge in [-0.15, -0.1) is 0 Å². The van der Waals surface area contributed by atoms with Crippen molar-refractivity contribution in [1.82, 2.24) is 14.8 Å². The summed E-state index contributed by atoms with van der Waals surface area (Å²) in [5.74, 6) is -0.451. The maximum Gasteiger partial charge on any atom is 0.339 e. The van der Waals surface area contributed by atoms with E-state index in [2.05, 4.69) is 10.1 Å². The summed E-state index contributed by atoms with van der Waals surface area (Å²) in [6.45, 7) is 7.25. The van der Waals surface area contributed by atoms with Crippen LogP contribution in [0.5, 0.6) is 0 Å². The van der Waals surface area contributed by atoms with Crippen LogP contribution in [0.25, 0.3) is 11.0 Å². The van der Waals surface area contributed by atoms with Gasteiger partial charge in [0, 0.05) is 25.5 Å². The molecule has 0 bridgehead atoms. The minimum absolute atomic E-state index is 0.229. The Morgan fingerprint density at radius 2 is 2.05 bits per heavy atom. The van der Waals surface area contributed by atoms with Crippen molar-refractivity contribution < 1.29 is 9.90 Å². The van der Waals surface area contributed by atoms with Crippen molar-refractivity contribution in [2.45, 2.75) is 20.8 Å². The van der Waals surface area contributed by atoms with Crippen LogP contribution >= 0.6 is 0 Å². The summed E-state index contributed by atoms with van der Waals surface area (Å²) in [5.41, 5.74) is 1.73. The van der Waals surface area contributed by atoms with E-state index >= 15 is 0 Å². The molecular weight excluding hydrogens is 244 g/mol. The van der Waals surface area contributed by atoms with Crippen molar-refractivity contribution in [1.29, 1.82) is 0 Å². The summed E-state index contributed by atoms with van der Waals surface area (Å²) < 4.78 is 1.68. The van der Waals surface area contributed by atoms with Crippen LogP contribution in [-0.4, -0.2) is 38.9 Å². The Kier molecular flexibility index (Phi) is 3.42. The molecule has 0 aliphatic carbocycles. The predicted octanol–water partition coefficient (Wildman–Crippen LogP) is 1.82. The van der Waals surface area contributed by atoms with Gasteiger partial charge in [-0.25, -0.2) is 9.78 Å². The number of fused-ring (bicyclic) bond motifs is 1. The van der Waals surface area contributed by atoms with E-state index < -0.39 is 5.97 Å². The molecule has 0 saturated carbocycles. The molecule has 0 aliphatic rings. The number of nitrogens with zero attached hydrogens (tertiary/aromatic N) is 4. The first-order valence-electron chi connectivity index (χ1n) is 6.32. The SMILES string of the molecule is CCN(CC)c1nc2c(cc1C(=O)O)c(C)nn2C. The molecule has 19 heavy (non-hydrogen) atoms. The van der Waals surface area contributed by atoms with Crippen LogP contribution in [0.3, 0.4) is 0 Å². The number of hydrogen-bond acceptors (Lipinski definition) is 4. The van der Waals surface area contributed by atoms with Gasteiger partial charge in [-0.1, -0.05) is 0 Å². The molecule has 0 saturated heterocycles. The van der Waals surface area contributed by atoms with Gasteiger partial charge in [0.1, 0.15) is 11.4 Å². The van der Waals surface area contributed by atoms with Gasteiger partial charge in [-0.3, -0.25) is 4.68 Å². The first-order valence-corrected chi connectivity index (χ1v) is 6.32. The number of carboxylic acids is 1. The Morgan fingerprint density at radius 3 is 2.58 bits per heavy atom. The Morgan fingerprint density at radius 1 is 1.42 bits per heavy atom. The molecule has 0 atom stereocenters. The largest absolute Gasteiger partial charge is 0.478 e. The highest BCUT2D eigenvalue weighted by atomic mass is 16.4. The topological polar surface area (TPSA) is 71.2 Å². The molecule has 0 aromatic carbocycles. The van der Waals surface area contributed by atoms with Gasteiger partial charge in [0.05, 0.1) is 5.69 Å². The first kappa shape index (κ1) is 13.3. The monoisotopic (exact) mass is 262 g/mol. The number of carbonyl (C=O) groups is 1. The number of aromatic nitrogens is 3. The summed E-state index contributed by atoms with van der Waals surface area (Å²) in [7, 11) is 1.81. The van der Waals surface area contributed by atoms with Crippen molar-refractivity contribution >= 4 is 22.8 Å². The van der Waals surface area contributed by atoms with E-state index in [0.717, 1.165) is 11.1 Å². The molecular formula is C13H18N4O2. The van der Waals surface area contributed by atoms with E-state index in [9.17, 15) is 9.90 Å². The fourth-order valence-corrected chi connectivity index (χ4v) is 2.25. The summed E-state index contributed by atoms with van der Waals surface area (Å²) >= 11 is 0. The van der Waals surface area contributed by atoms with E-state index in [0.29, 0.717) is 24.6 Å². The van der Waals surface area contributed by atoms with Crippen molar-refractivity contribution in [3.8, 4) is 0 Å². The van der Waals surface area contributed by atoms with Gasteiger partial charge in [-0.05, 0) is 26.8 Å². The second kappa shape index (κ2) is 4.87. The molecule has 0 unspecified atom stereocenters. The number of carboxylic acid groups (broad SMARTS) is 1. The molecule has 2 heterocycles. The molecule has 2 aromatic heterocycles. The van der Waals surface area contributed by atoms with Gasteiger partial charge in [-0.2, -0.15) is 5.10 Å². The Bertz CT molecular complexity index is 629. The van der Waals surface area contributed by atoms with Gasteiger partial charge < -0.3 is 10.0 Å². The molecule has 0 aliphatic heterocycles. The normalized spacial score (nSPS) is 10.9. The first-order chi connectivity index (χ1) is 8.99. The second-order valence-electron chi connectivity index (χ2n) is 4.42. The maximum atomic E-state index is 11.4. The summed E-state index contributed by atoms with van der Waals surface area (Å²) in [6, 6.07) is 1.67. The summed E-state index contributed by atoms with van der Waals surface area (Å²) in [5, 5.41) is 14.4. The standard InChI is InChI=1S/C13H18N4O2/c1-5-17(6-2)12-10(13(18)19)7-9-8(3)15-16(4)11(9)14-12/h7H,5-6H2,1-4H3,(H,18,19). The third kappa shape index (κ3) is 2.14. The minimum Gasteiger partial charge on any atom is -0.478 e. The van der Waals surface area contributed by atoms with Crippen molar-refractivity contribution in [2.75, 3.05) is 18.0 Å². The molecule has 102 valence electrons. The Hall–Kier alpha value is -2.11. The fourth-order valence-electron chi connectivity index (χ4n) is 2.25. The zero-order chi connectivity index (χ0) is 14.2. The van der Waals surface area contributed by atoms with E-state index in [4.69, 9.17) is 0 Å². The molecule has 0 spiro atoms. The molecule has 2 aromatic rings. The highest BCUT2D eigenvalue weighted by Gasteiger charge is 2.19. The number of rotatable bonds is 4. The molecule has 6 heteroatoms. The van der Waals surface area contributed by atoms with Crippen LogP contribution in [0.2, 0.25) is 0 Å². The Balaban J connectivity index is 2.76. The number of hydrogen-bond donors (Lipinski definition) is 1. The van der Waals surface area contributed by atoms with Gasteiger partial charge in [0.2, 0.25) is 0 Å². The number of aryl methyl sites for hydroxylation is 2. The van der Waals surface area contributed by atoms with Crippen LogP contribution in [-0.2, 0) is 7.05 Å². The highest BCUT2D eigenvalue weighted by molar-refractivity contribution is 5.98. The van der Waals surface area contributed by atoms with Crippen molar-refractivity contribution in [2.24, 2.45) is 7.05 Å². The van der Waals surface area contributed by atoms with Crippen LogP contribution in [0, 0.1) is 6.92 Å². The van der Waals surface area contributed by atoms with Crippen LogP contribution in [0.15, 0.2) is 6.07 Å². The molecule has 1 N–H and O–H groups in total. The quantitative estimate of drug-likeness (QED) is 0.910. The summed E-state index contributed by atoms with van der Waals surface area (Å²) in [6.07, 6.45) is 0. The molecule has 0 radical (unpaired) electrons.